The fourth-order valence-corrected chi connectivity index (χ4v) is 3.53. The average Bonchev–Trinajstić information content (AvgIpc) is 3.12. The number of fused-ring (bicyclic) bond motifs is 1. The molecule has 3 nitrogen and oxygen atoms in total. The van der Waals surface area contributed by atoms with Crippen molar-refractivity contribution in [3.63, 3.8) is 0 Å². The number of benzene rings is 2. The SMILES string of the molecule is O=C(Nc1ccccc1)c1sccc1-c1cccc2cccnc12. The Morgan fingerprint density at radius 2 is 1.71 bits per heavy atom. The number of hydrogen-bond donors (Lipinski definition) is 1. The van der Waals surface area contributed by atoms with E-state index in [9.17, 15) is 4.79 Å². The first-order chi connectivity index (χ1) is 11.8. The Labute approximate surface area is 143 Å². The molecule has 0 fully saturated rings. The maximum absolute atomic E-state index is 12.7. The molecule has 0 saturated heterocycles. The average molecular weight is 330 g/mol. The van der Waals surface area contributed by atoms with Crippen LogP contribution < -0.4 is 5.32 Å². The van der Waals surface area contributed by atoms with E-state index >= 15 is 0 Å². The van der Waals surface area contributed by atoms with Crippen molar-refractivity contribution < 1.29 is 4.79 Å². The molecular weight excluding hydrogens is 316 g/mol. The number of aromatic nitrogens is 1. The predicted octanol–water partition coefficient (Wildman–Crippen LogP) is 5.22. The summed E-state index contributed by atoms with van der Waals surface area (Å²) in [4.78, 5) is 17.9. The third-order valence-corrected chi connectivity index (χ3v) is 4.74. The highest BCUT2D eigenvalue weighted by atomic mass is 32.1. The molecule has 1 amide bonds. The van der Waals surface area contributed by atoms with Crippen LogP contribution in [0, 0.1) is 0 Å². The van der Waals surface area contributed by atoms with Crippen LogP contribution in [0.2, 0.25) is 0 Å². The summed E-state index contributed by atoms with van der Waals surface area (Å²) in [6, 6.07) is 21.5. The van der Waals surface area contributed by atoms with Gasteiger partial charge < -0.3 is 5.32 Å². The standard InChI is InChI=1S/C20H14N2OS/c23-20(22-15-8-2-1-3-9-15)19-17(11-13-24-19)16-10-4-6-14-7-5-12-21-18(14)16/h1-13H,(H,22,23). The summed E-state index contributed by atoms with van der Waals surface area (Å²) in [5, 5.41) is 5.96. The third-order valence-electron chi connectivity index (χ3n) is 3.83. The number of hydrogen-bond acceptors (Lipinski definition) is 3. The van der Waals surface area contributed by atoms with Crippen LogP contribution in [-0.4, -0.2) is 10.9 Å². The van der Waals surface area contributed by atoms with Crippen molar-refractivity contribution in [2.75, 3.05) is 5.32 Å². The Morgan fingerprint density at radius 1 is 0.875 bits per heavy atom. The summed E-state index contributed by atoms with van der Waals surface area (Å²) in [5.74, 6) is -0.0980. The topological polar surface area (TPSA) is 42.0 Å². The molecule has 2 aromatic carbocycles. The van der Waals surface area contributed by atoms with Gasteiger partial charge in [-0.15, -0.1) is 11.3 Å². The minimum atomic E-state index is -0.0980. The second kappa shape index (κ2) is 6.26. The van der Waals surface area contributed by atoms with Crippen LogP contribution >= 0.6 is 11.3 Å². The molecule has 0 radical (unpaired) electrons. The van der Waals surface area contributed by atoms with Crippen molar-refractivity contribution in [2.24, 2.45) is 0 Å². The molecule has 0 saturated carbocycles. The van der Waals surface area contributed by atoms with E-state index in [1.54, 1.807) is 6.20 Å². The summed E-state index contributed by atoms with van der Waals surface area (Å²) in [6.45, 7) is 0. The first kappa shape index (κ1) is 14.6. The summed E-state index contributed by atoms with van der Waals surface area (Å²) < 4.78 is 0. The van der Waals surface area contributed by atoms with Crippen LogP contribution in [0.25, 0.3) is 22.0 Å². The number of anilines is 1. The van der Waals surface area contributed by atoms with Crippen molar-refractivity contribution in [2.45, 2.75) is 0 Å². The Kier molecular flexibility index (Phi) is 3.81. The first-order valence-electron chi connectivity index (χ1n) is 7.61. The molecule has 24 heavy (non-hydrogen) atoms. The monoisotopic (exact) mass is 330 g/mol. The van der Waals surface area contributed by atoms with E-state index in [2.05, 4.69) is 10.3 Å². The number of pyridine rings is 1. The minimum absolute atomic E-state index is 0.0980. The number of nitrogens with zero attached hydrogens (tertiary/aromatic N) is 1. The minimum Gasteiger partial charge on any atom is -0.321 e. The fourth-order valence-electron chi connectivity index (χ4n) is 2.73. The second-order valence-corrected chi connectivity index (χ2v) is 6.28. The van der Waals surface area contributed by atoms with Gasteiger partial charge in [0.1, 0.15) is 4.88 Å². The lowest BCUT2D eigenvalue weighted by Gasteiger charge is -2.08. The smallest absolute Gasteiger partial charge is 0.266 e. The van der Waals surface area contributed by atoms with E-state index in [0.29, 0.717) is 4.88 Å². The maximum atomic E-state index is 12.7. The van der Waals surface area contributed by atoms with Gasteiger partial charge >= 0.3 is 0 Å². The van der Waals surface area contributed by atoms with Crippen LogP contribution in [0.4, 0.5) is 5.69 Å². The normalized spacial score (nSPS) is 10.7. The summed E-state index contributed by atoms with van der Waals surface area (Å²) in [6.07, 6.45) is 1.78. The van der Waals surface area contributed by atoms with E-state index in [4.69, 9.17) is 0 Å². The summed E-state index contributed by atoms with van der Waals surface area (Å²) in [5.41, 5.74) is 3.59. The summed E-state index contributed by atoms with van der Waals surface area (Å²) >= 11 is 1.44. The molecule has 0 bridgehead atoms. The molecule has 0 spiro atoms. The molecule has 4 aromatic rings. The zero-order valence-corrected chi connectivity index (χ0v) is 13.6. The van der Waals surface area contributed by atoms with Crippen LogP contribution in [0.5, 0.6) is 0 Å². The van der Waals surface area contributed by atoms with Crippen molar-refractivity contribution in [3.8, 4) is 11.1 Å². The molecule has 116 valence electrons. The highest BCUT2D eigenvalue weighted by Gasteiger charge is 2.16. The van der Waals surface area contributed by atoms with E-state index in [0.717, 1.165) is 27.7 Å². The van der Waals surface area contributed by atoms with E-state index < -0.39 is 0 Å². The molecule has 0 aliphatic heterocycles. The van der Waals surface area contributed by atoms with Gasteiger partial charge in [0.15, 0.2) is 0 Å². The maximum Gasteiger partial charge on any atom is 0.266 e. The number of nitrogens with one attached hydrogen (secondary N) is 1. The summed E-state index contributed by atoms with van der Waals surface area (Å²) in [7, 11) is 0. The van der Waals surface area contributed by atoms with Crippen LogP contribution in [0.1, 0.15) is 9.67 Å². The molecule has 1 N–H and O–H groups in total. The van der Waals surface area contributed by atoms with Crippen LogP contribution in [-0.2, 0) is 0 Å². The zero-order valence-electron chi connectivity index (χ0n) is 12.8. The second-order valence-electron chi connectivity index (χ2n) is 5.36. The van der Waals surface area contributed by atoms with E-state index in [1.807, 2.05) is 72.1 Å². The van der Waals surface area contributed by atoms with E-state index in [1.165, 1.54) is 11.3 Å². The Balaban J connectivity index is 1.76. The molecule has 2 aromatic heterocycles. The highest BCUT2D eigenvalue weighted by molar-refractivity contribution is 7.12. The Bertz CT molecular complexity index is 1000. The molecule has 0 aliphatic carbocycles. The van der Waals surface area contributed by atoms with Crippen LogP contribution in [0.15, 0.2) is 78.3 Å². The van der Waals surface area contributed by atoms with Crippen molar-refractivity contribution in [1.29, 1.82) is 0 Å². The van der Waals surface area contributed by atoms with Gasteiger partial charge in [0, 0.05) is 28.4 Å². The number of carbonyl (C=O) groups is 1. The van der Waals surface area contributed by atoms with Crippen molar-refractivity contribution >= 4 is 33.8 Å². The van der Waals surface area contributed by atoms with Crippen LogP contribution in [0.3, 0.4) is 0 Å². The highest BCUT2D eigenvalue weighted by Crippen LogP contribution is 2.33. The lowest BCUT2D eigenvalue weighted by Crippen LogP contribution is -2.11. The van der Waals surface area contributed by atoms with Gasteiger partial charge in [-0.3, -0.25) is 9.78 Å². The molecule has 2 heterocycles. The zero-order chi connectivity index (χ0) is 16.4. The quantitative estimate of drug-likeness (QED) is 0.560. The van der Waals surface area contributed by atoms with Crippen molar-refractivity contribution in [1.82, 2.24) is 4.98 Å². The predicted molar refractivity (Wildman–Crippen MR) is 99.5 cm³/mol. The lowest BCUT2D eigenvalue weighted by atomic mass is 10.0. The molecule has 0 atom stereocenters. The molecular formula is C20H14N2OS. The number of rotatable bonds is 3. The third kappa shape index (κ3) is 2.68. The van der Waals surface area contributed by atoms with Gasteiger partial charge in [0.05, 0.1) is 5.52 Å². The van der Waals surface area contributed by atoms with Gasteiger partial charge in [-0.1, -0.05) is 42.5 Å². The Hall–Kier alpha value is -2.98. The van der Waals surface area contributed by atoms with Gasteiger partial charge in [-0.25, -0.2) is 0 Å². The molecule has 0 unspecified atom stereocenters. The van der Waals surface area contributed by atoms with E-state index in [-0.39, 0.29) is 5.91 Å². The number of amides is 1. The largest absolute Gasteiger partial charge is 0.321 e. The van der Waals surface area contributed by atoms with Crippen molar-refractivity contribution in [3.05, 3.63) is 83.2 Å². The Morgan fingerprint density at radius 3 is 2.58 bits per heavy atom. The van der Waals surface area contributed by atoms with Gasteiger partial charge in [0.2, 0.25) is 0 Å². The fraction of sp³-hybridized carbons (Fsp3) is 0. The van der Waals surface area contributed by atoms with Gasteiger partial charge in [0.25, 0.3) is 5.91 Å². The molecule has 0 aliphatic rings. The van der Waals surface area contributed by atoms with Gasteiger partial charge in [-0.05, 0) is 29.6 Å². The lowest BCUT2D eigenvalue weighted by molar-refractivity contribution is 0.103. The number of thiophene rings is 1. The number of para-hydroxylation sites is 2. The molecule has 4 heteroatoms. The molecule has 4 rings (SSSR count). The first-order valence-corrected chi connectivity index (χ1v) is 8.49. The number of carbonyl (C=O) groups excluding carboxylic acids is 1. The van der Waals surface area contributed by atoms with Gasteiger partial charge in [-0.2, -0.15) is 0 Å².